The maximum Gasteiger partial charge on any atom is 0.240 e. The number of ether oxygens (including phenoxy) is 1. The summed E-state index contributed by atoms with van der Waals surface area (Å²) in [4.78, 5) is 26.2. The second-order valence-corrected chi connectivity index (χ2v) is 5.37. The highest BCUT2D eigenvalue weighted by molar-refractivity contribution is 6.36. The van der Waals surface area contributed by atoms with Gasteiger partial charge in [-0.05, 0) is 12.1 Å². The van der Waals surface area contributed by atoms with E-state index < -0.39 is 11.8 Å². The molecule has 0 saturated carbocycles. The molecule has 3 aliphatic rings. The van der Waals surface area contributed by atoms with E-state index in [-0.39, 0.29) is 24.0 Å². The number of hydrogen-bond acceptors (Lipinski definition) is 3. The molecule has 19 heavy (non-hydrogen) atoms. The normalized spacial score (nSPS) is 35.3. The fraction of sp³-hybridized carbons (Fsp3) is 0.286. The maximum atomic E-state index is 12.5. The van der Waals surface area contributed by atoms with Crippen LogP contribution in [-0.2, 0) is 14.3 Å². The van der Waals surface area contributed by atoms with Gasteiger partial charge in [-0.2, -0.15) is 0 Å². The summed E-state index contributed by atoms with van der Waals surface area (Å²) in [7, 11) is 0. The minimum absolute atomic E-state index is 0.208. The van der Waals surface area contributed by atoms with E-state index in [4.69, 9.17) is 16.3 Å². The van der Waals surface area contributed by atoms with Crippen LogP contribution in [0.15, 0.2) is 36.4 Å². The number of halogens is 1. The van der Waals surface area contributed by atoms with Gasteiger partial charge in [0.25, 0.3) is 0 Å². The predicted molar refractivity (Wildman–Crippen MR) is 68.7 cm³/mol. The van der Waals surface area contributed by atoms with Crippen molar-refractivity contribution in [2.24, 2.45) is 11.8 Å². The van der Waals surface area contributed by atoms with Crippen LogP contribution >= 0.6 is 11.6 Å². The molecule has 4 atom stereocenters. The van der Waals surface area contributed by atoms with E-state index in [1.165, 1.54) is 4.90 Å². The molecule has 2 fully saturated rings. The van der Waals surface area contributed by atoms with Crippen LogP contribution in [-0.4, -0.2) is 24.0 Å². The van der Waals surface area contributed by atoms with E-state index in [1.807, 2.05) is 12.2 Å². The molecule has 1 aromatic rings. The molecular weight excluding hydrogens is 266 g/mol. The van der Waals surface area contributed by atoms with Gasteiger partial charge >= 0.3 is 0 Å². The highest BCUT2D eigenvalue weighted by atomic mass is 35.5. The van der Waals surface area contributed by atoms with Crippen molar-refractivity contribution in [2.45, 2.75) is 12.2 Å². The largest absolute Gasteiger partial charge is 0.365 e. The minimum atomic E-state index is -0.390. The van der Waals surface area contributed by atoms with Gasteiger partial charge in [0, 0.05) is 0 Å². The SMILES string of the molecule is O=C1[C@@H]2[C@H](C(=O)N1c1ccccc1Cl)[C@H]1C=C[C@H]2O1. The third kappa shape index (κ3) is 1.33. The molecule has 3 heterocycles. The molecule has 4 nitrogen and oxygen atoms in total. The van der Waals surface area contributed by atoms with E-state index in [9.17, 15) is 9.59 Å². The summed E-state index contributed by atoms with van der Waals surface area (Å²) in [5.74, 6) is -1.20. The fourth-order valence-corrected chi connectivity index (χ4v) is 3.39. The van der Waals surface area contributed by atoms with Gasteiger partial charge in [0.1, 0.15) is 0 Å². The Morgan fingerprint density at radius 2 is 1.58 bits per heavy atom. The Hall–Kier alpha value is -1.65. The molecular formula is C14H10ClNO3. The van der Waals surface area contributed by atoms with Crippen LogP contribution in [0.2, 0.25) is 5.02 Å². The second kappa shape index (κ2) is 3.68. The second-order valence-electron chi connectivity index (χ2n) is 4.97. The van der Waals surface area contributed by atoms with Crippen LogP contribution in [0.5, 0.6) is 0 Å². The van der Waals surface area contributed by atoms with Gasteiger partial charge in [0.15, 0.2) is 0 Å². The smallest absolute Gasteiger partial charge is 0.240 e. The molecule has 2 saturated heterocycles. The first-order chi connectivity index (χ1) is 9.18. The number of nitrogens with zero attached hydrogens (tertiary/aromatic N) is 1. The van der Waals surface area contributed by atoms with Crippen LogP contribution in [0.4, 0.5) is 5.69 Å². The average Bonchev–Trinajstić information content (AvgIpc) is 3.06. The van der Waals surface area contributed by atoms with Gasteiger partial charge in [0.2, 0.25) is 11.8 Å². The summed E-state index contributed by atoms with van der Waals surface area (Å²) >= 11 is 6.09. The van der Waals surface area contributed by atoms with Crippen molar-refractivity contribution >= 4 is 29.1 Å². The van der Waals surface area contributed by atoms with Gasteiger partial charge in [0.05, 0.1) is 34.8 Å². The fourth-order valence-electron chi connectivity index (χ4n) is 3.17. The Morgan fingerprint density at radius 3 is 2.16 bits per heavy atom. The molecule has 2 bridgehead atoms. The molecule has 96 valence electrons. The lowest BCUT2D eigenvalue weighted by Gasteiger charge is -2.18. The highest BCUT2D eigenvalue weighted by Gasteiger charge is 2.61. The van der Waals surface area contributed by atoms with Crippen molar-refractivity contribution < 1.29 is 14.3 Å². The molecule has 0 N–H and O–H groups in total. The number of carbonyl (C=O) groups is 2. The summed E-state index contributed by atoms with van der Waals surface area (Å²) in [5.41, 5.74) is 0.466. The van der Waals surface area contributed by atoms with E-state index in [1.54, 1.807) is 24.3 Å². The number of hydrogen-bond donors (Lipinski definition) is 0. The molecule has 1 aromatic carbocycles. The van der Waals surface area contributed by atoms with Crippen molar-refractivity contribution in [1.82, 2.24) is 0 Å². The lowest BCUT2D eigenvalue weighted by atomic mass is 9.85. The summed E-state index contributed by atoms with van der Waals surface area (Å²) in [6, 6.07) is 6.90. The van der Waals surface area contributed by atoms with E-state index in [0.29, 0.717) is 10.7 Å². The highest BCUT2D eigenvalue weighted by Crippen LogP contribution is 2.47. The van der Waals surface area contributed by atoms with Crippen molar-refractivity contribution in [3.05, 3.63) is 41.4 Å². The summed E-state index contributed by atoms with van der Waals surface area (Å²) in [6.07, 6.45) is 3.21. The first kappa shape index (κ1) is 11.2. The Morgan fingerprint density at radius 1 is 1.00 bits per heavy atom. The number of benzene rings is 1. The number of anilines is 1. The first-order valence-corrected chi connectivity index (χ1v) is 6.52. The van der Waals surface area contributed by atoms with Crippen LogP contribution < -0.4 is 4.90 Å². The first-order valence-electron chi connectivity index (χ1n) is 6.14. The summed E-state index contributed by atoms with van der Waals surface area (Å²) < 4.78 is 5.58. The minimum Gasteiger partial charge on any atom is -0.365 e. The number of rotatable bonds is 1. The quantitative estimate of drug-likeness (QED) is 0.580. The standard InChI is InChI=1S/C14H10ClNO3/c15-7-3-1-2-4-8(7)16-13(17)11-9-5-6-10(19-9)12(11)14(16)18/h1-6,9-12H/t9-,10-,11-,12+/m1/s1. The Kier molecular flexibility index (Phi) is 2.17. The zero-order valence-electron chi connectivity index (χ0n) is 9.82. The van der Waals surface area contributed by atoms with Crippen molar-refractivity contribution in [1.29, 1.82) is 0 Å². The summed E-state index contributed by atoms with van der Waals surface area (Å²) in [6.45, 7) is 0. The molecule has 0 spiro atoms. The van der Waals surface area contributed by atoms with Crippen LogP contribution in [0.25, 0.3) is 0 Å². The van der Waals surface area contributed by atoms with Crippen molar-refractivity contribution in [3.63, 3.8) is 0 Å². The number of carbonyl (C=O) groups excluding carboxylic acids is 2. The summed E-state index contributed by atoms with van der Waals surface area (Å²) in [5, 5.41) is 0.408. The third-order valence-corrected chi connectivity index (χ3v) is 4.32. The van der Waals surface area contributed by atoms with Gasteiger partial charge in [-0.25, -0.2) is 4.90 Å². The monoisotopic (exact) mass is 275 g/mol. The molecule has 0 aromatic heterocycles. The van der Waals surface area contributed by atoms with Gasteiger partial charge in [-0.15, -0.1) is 0 Å². The Balaban J connectivity index is 1.79. The molecule has 0 aliphatic carbocycles. The van der Waals surface area contributed by atoms with Crippen LogP contribution in [0.1, 0.15) is 0 Å². The molecule has 0 radical (unpaired) electrons. The molecule has 0 unspecified atom stereocenters. The van der Waals surface area contributed by atoms with E-state index >= 15 is 0 Å². The van der Waals surface area contributed by atoms with E-state index in [0.717, 1.165) is 0 Å². The number of imide groups is 1. The maximum absolute atomic E-state index is 12.5. The van der Waals surface area contributed by atoms with Crippen molar-refractivity contribution in [2.75, 3.05) is 4.90 Å². The lowest BCUT2D eigenvalue weighted by Crippen LogP contribution is -2.34. The predicted octanol–water partition coefficient (Wildman–Crippen LogP) is 1.78. The van der Waals surface area contributed by atoms with Gasteiger partial charge < -0.3 is 4.74 Å². The third-order valence-electron chi connectivity index (χ3n) is 4.00. The van der Waals surface area contributed by atoms with Crippen LogP contribution in [0, 0.1) is 11.8 Å². The topological polar surface area (TPSA) is 46.6 Å². The van der Waals surface area contributed by atoms with Gasteiger partial charge in [-0.3, -0.25) is 9.59 Å². The number of para-hydroxylation sites is 1. The molecule has 4 rings (SSSR count). The average molecular weight is 276 g/mol. The Labute approximate surface area is 114 Å². The number of amides is 2. The van der Waals surface area contributed by atoms with Crippen molar-refractivity contribution in [3.8, 4) is 0 Å². The zero-order chi connectivity index (χ0) is 13.1. The molecule has 2 amide bonds. The lowest BCUT2D eigenvalue weighted by molar-refractivity contribution is -0.124. The van der Waals surface area contributed by atoms with Gasteiger partial charge in [-0.1, -0.05) is 35.9 Å². The van der Waals surface area contributed by atoms with Crippen LogP contribution in [0.3, 0.4) is 0 Å². The van der Waals surface area contributed by atoms with E-state index in [2.05, 4.69) is 0 Å². The number of fused-ring (bicyclic) bond motifs is 5. The molecule has 3 aliphatic heterocycles. The molecule has 5 heteroatoms. The Bertz CT molecular complexity index is 597. The zero-order valence-corrected chi connectivity index (χ0v) is 10.6.